The topological polar surface area (TPSA) is 32.3 Å². The number of carbonyl (C=O) groups is 1. The third kappa shape index (κ3) is 2.25. The van der Waals surface area contributed by atoms with Crippen LogP contribution in [0.1, 0.15) is 11.1 Å². The molecule has 3 nitrogen and oxygen atoms in total. The van der Waals surface area contributed by atoms with Gasteiger partial charge in [-0.1, -0.05) is 18.2 Å². The first-order valence-corrected chi connectivity index (χ1v) is 5.72. The van der Waals surface area contributed by atoms with Gasteiger partial charge in [0.2, 0.25) is 0 Å². The molecule has 0 atom stereocenters. The van der Waals surface area contributed by atoms with E-state index >= 15 is 0 Å². The van der Waals surface area contributed by atoms with Crippen LogP contribution in [0.3, 0.4) is 0 Å². The Labute approximate surface area is 96.5 Å². The summed E-state index contributed by atoms with van der Waals surface area (Å²) < 4.78 is 0. The van der Waals surface area contributed by atoms with Gasteiger partial charge in [-0.3, -0.25) is 4.79 Å². The number of hydrogen-bond acceptors (Lipinski definition) is 3. The molecule has 1 aliphatic heterocycles. The number of para-hydroxylation sites is 1. The van der Waals surface area contributed by atoms with E-state index in [1.807, 2.05) is 0 Å². The first kappa shape index (κ1) is 11.1. The van der Waals surface area contributed by atoms with Crippen molar-refractivity contribution in [2.75, 3.05) is 31.1 Å². The van der Waals surface area contributed by atoms with E-state index in [1.54, 1.807) is 0 Å². The minimum Gasteiger partial charge on any atom is -0.362 e. The largest absolute Gasteiger partial charge is 0.362 e. The molecule has 1 fully saturated rings. The molecular weight excluding hydrogens is 200 g/mol. The van der Waals surface area contributed by atoms with Crippen molar-refractivity contribution in [2.24, 2.45) is 0 Å². The van der Waals surface area contributed by atoms with Crippen LogP contribution >= 0.6 is 0 Å². The van der Waals surface area contributed by atoms with Gasteiger partial charge in [-0.2, -0.15) is 0 Å². The number of carbonyl (C=O) groups excluding carboxylic acids is 1. The van der Waals surface area contributed by atoms with E-state index in [0.29, 0.717) is 13.1 Å². The van der Waals surface area contributed by atoms with Crippen molar-refractivity contribution in [3.63, 3.8) is 0 Å². The van der Waals surface area contributed by atoms with Crippen molar-refractivity contribution >= 4 is 11.5 Å². The fourth-order valence-electron chi connectivity index (χ4n) is 2.28. The van der Waals surface area contributed by atoms with E-state index in [0.717, 1.165) is 13.1 Å². The monoisotopic (exact) mass is 218 g/mol. The van der Waals surface area contributed by atoms with E-state index in [1.165, 1.54) is 16.8 Å². The molecule has 1 aliphatic rings. The molecule has 1 heterocycles. The highest BCUT2D eigenvalue weighted by atomic mass is 16.1. The highest BCUT2D eigenvalue weighted by Crippen LogP contribution is 2.24. The average molecular weight is 218 g/mol. The van der Waals surface area contributed by atoms with Gasteiger partial charge in [0.25, 0.3) is 0 Å². The molecule has 0 amide bonds. The molecule has 3 heteroatoms. The van der Waals surface area contributed by atoms with Gasteiger partial charge in [0.05, 0.1) is 13.1 Å². The number of aryl methyl sites for hydroxylation is 2. The molecule has 1 aromatic rings. The van der Waals surface area contributed by atoms with Gasteiger partial charge in [0.1, 0.15) is 0 Å². The lowest BCUT2D eigenvalue weighted by atomic mass is 10.1. The van der Waals surface area contributed by atoms with Gasteiger partial charge >= 0.3 is 0 Å². The van der Waals surface area contributed by atoms with E-state index in [2.05, 4.69) is 42.3 Å². The Bertz CT molecular complexity index is 381. The molecule has 86 valence electrons. The standard InChI is InChI=1S/C13H18N2O/c1-10-4-3-5-11(2)13(10)15-7-6-14-8-12(16)9-15/h3-5,14H,6-9H2,1-2H3. The van der Waals surface area contributed by atoms with Crippen molar-refractivity contribution in [2.45, 2.75) is 13.8 Å². The number of hydrogen-bond donors (Lipinski definition) is 1. The van der Waals surface area contributed by atoms with Crippen molar-refractivity contribution in [1.29, 1.82) is 0 Å². The summed E-state index contributed by atoms with van der Waals surface area (Å²) in [5.74, 6) is 0.264. The maximum Gasteiger partial charge on any atom is 0.165 e. The summed E-state index contributed by atoms with van der Waals surface area (Å²) >= 11 is 0. The summed E-state index contributed by atoms with van der Waals surface area (Å²) in [6.45, 7) is 7.01. The molecule has 16 heavy (non-hydrogen) atoms. The molecule has 1 aromatic carbocycles. The Morgan fingerprint density at radius 1 is 1.25 bits per heavy atom. The zero-order valence-corrected chi connectivity index (χ0v) is 9.92. The predicted octanol–water partition coefficient (Wildman–Crippen LogP) is 1.28. The van der Waals surface area contributed by atoms with Crippen LogP contribution in [0.5, 0.6) is 0 Å². The second-order valence-corrected chi connectivity index (χ2v) is 4.38. The molecule has 1 N–H and O–H groups in total. The number of rotatable bonds is 1. The lowest BCUT2D eigenvalue weighted by Crippen LogP contribution is -2.31. The quantitative estimate of drug-likeness (QED) is 0.770. The van der Waals surface area contributed by atoms with Crippen LogP contribution in [0.25, 0.3) is 0 Å². The number of nitrogens with one attached hydrogen (secondary N) is 1. The Morgan fingerprint density at radius 2 is 1.94 bits per heavy atom. The number of Topliss-reactive ketones (excluding diaryl/α,β-unsaturated/α-hetero) is 1. The van der Waals surface area contributed by atoms with Crippen molar-refractivity contribution < 1.29 is 4.79 Å². The van der Waals surface area contributed by atoms with Gasteiger partial charge < -0.3 is 10.2 Å². The van der Waals surface area contributed by atoms with E-state index < -0.39 is 0 Å². The fourth-order valence-corrected chi connectivity index (χ4v) is 2.28. The molecule has 0 radical (unpaired) electrons. The van der Waals surface area contributed by atoms with Gasteiger partial charge in [0, 0.05) is 18.8 Å². The summed E-state index contributed by atoms with van der Waals surface area (Å²) in [5.41, 5.74) is 3.71. The molecule has 0 aromatic heterocycles. The Balaban J connectivity index is 2.31. The third-order valence-electron chi connectivity index (χ3n) is 3.00. The summed E-state index contributed by atoms with van der Waals surface area (Å²) in [5, 5.41) is 3.14. The summed E-state index contributed by atoms with van der Waals surface area (Å²) in [4.78, 5) is 13.8. The van der Waals surface area contributed by atoms with Crippen LogP contribution in [-0.4, -0.2) is 32.0 Å². The van der Waals surface area contributed by atoms with Crippen LogP contribution in [0, 0.1) is 13.8 Å². The average Bonchev–Trinajstić information content (AvgIpc) is 2.43. The number of ketones is 1. The van der Waals surface area contributed by atoms with E-state index in [4.69, 9.17) is 0 Å². The Morgan fingerprint density at radius 3 is 2.62 bits per heavy atom. The highest BCUT2D eigenvalue weighted by molar-refractivity contribution is 5.86. The van der Waals surface area contributed by atoms with Crippen LogP contribution in [0.4, 0.5) is 5.69 Å². The maximum atomic E-state index is 11.6. The third-order valence-corrected chi connectivity index (χ3v) is 3.00. The maximum absolute atomic E-state index is 11.6. The van der Waals surface area contributed by atoms with Crippen molar-refractivity contribution in [3.8, 4) is 0 Å². The second kappa shape index (κ2) is 4.66. The van der Waals surface area contributed by atoms with E-state index in [-0.39, 0.29) is 5.78 Å². The van der Waals surface area contributed by atoms with Crippen LogP contribution < -0.4 is 10.2 Å². The summed E-state index contributed by atoms with van der Waals surface area (Å²) in [7, 11) is 0. The molecule has 0 bridgehead atoms. The lowest BCUT2D eigenvalue weighted by Gasteiger charge is -2.25. The highest BCUT2D eigenvalue weighted by Gasteiger charge is 2.17. The normalized spacial score (nSPS) is 17.4. The van der Waals surface area contributed by atoms with Crippen LogP contribution in [-0.2, 0) is 4.79 Å². The predicted molar refractivity (Wildman–Crippen MR) is 66.0 cm³/mol. The van der Waals surface area contributed by atoms with Gasteiger partial charge in [-0.15, -0.1) is 0 Å². The number of anilines is 1. The Hall–Kier alpha value is -1.35. The molecule has 0 unspecified atom stereocenters. The molecule has 2 rings (SSSR count). The molecule has 0 aliphatic carbocycles. The zero-order chi connectivity index (χ0) is 11.5. The SMILES string of the molecule is Cc1cccc(C)c1N1CCNCC(=O)C1. The minimum absolute atomic E-state index is 0.264. The van der Waals surface area contributed by atoms with Gasteiger partial charge in [-0.25, -0.2) is 0 Å². The molecule has 1 saturated heterocycles. The van der Waals surface area contributed by atoms with E-state index in [9.17, 15) is 4.79 Å². The van der Waals surface area contributed by atoms with Crippen LogP contribution in [0.15, 0.2) is 18.2 Å². The summed E-state index contributed by atoms with van der Waals surface area (Å²) in [6, 6.07) is 6.27. The molecule has 0 spiro atoms. The lowest BCUT2D eigenvalue weighted by molar-refractivity contribution is -0.116. The van der Waals surface area contributed by atoms with Crippen LogP contribution in [0.2, 0.25) is 0 Å². The second-order valence-electron chi connectivity index (χ2n) is 4.38. The number of nitrogens with zero attached hydrogens (tertiary/aromatic N) is 1. The fraction of sp³-hybridized carbons (Fsp3) is 0.462. The molecular formula is C13H18N2O. The smallest absolute Gasteiger partial charge is 0.165 e. The Kier molecular flexibility index (Phi) is 3.25. The summed E-state index contributed by atoms with van der Waals surface area (Å²) in [6.07, 6.45) is 0. The first-order valence-electron chi connectivity index (χ1n) is 5.72. The molecule has 0 saturated carbocycles. The first-order chi connectivity index (χ1) is 7.68. The van der Waals surface area contributed by atoms with Crippen molar-refractivity contribution in [3.05, 3.63) is 29.3 Å². The zero-order valence-electron chi connectivity index (χ0n) is 9.92. The minimum atomic E-state index is 0.264. The van der Waals surface area contributed by atoms with Crippen molar-refractivity contribution in [1.82, 2.24) is 5.32 Å². The number of benzene rings is 1. The van der Waals surface area contributed by atoms with Gasteiger partial charge in [0.15, 0.2) is 5.78 Å². The van der Waals surface area contributed by atoms with Gasteiger partial charge in [-0.05, 0) is 25.0 Å².